The van der Waals surface area contributed by atoms with E-state index in [0.717, 1.165) is 12.1 Å². The number of carbonyl (C=O) groups is 3. The fourth-order valence-electron chi connectivity index (χ4n) is 4.92. The van der Waals surface area contributed by atoms with Gasteiger partial charge in [-0.2, -0.15) is 13.2 Å². The first-order valence-electron chi connectivity index (χ1n) is 13.0. The molecule has 5 rings (SSSR count). The molecular weight excluding hydrogens is 550 g/mol. The summed E-state index contributed by atoms with van der Waals surface area (Å²) in [6.45, 7) is 3.01. The molecule has 2 aromatic rings. The number of rotatable bonds is 6. The molecule has 0 radical (unpaired) electrons. The number of benzene rings is 2. The molecule has 2 saturated heterocycles. The topological polar surface area (TPSA) is 104 Å². The summed E-state index contributed by atoms with van der Waals surface area (Å²) in [5.41, 5.74) is 0.720. The van der Waals surface area contributed by atoms with Crippen molar-refractivity contribution in [1.82, 2.24) is 10.2 Å². The molecule has 10 nitrogen and oxygen atoms in total. The van der Waals surface area contributed by atoms with Gasteiger partial charge in [-0.1, -0.05) is 17.3 Å². The van der Waals surface area contributed by atoms with Gasteiger partial charge in [0.2, 0.25) is 12.0 Å². The molecule has 41 heavy (non-hydrogen) atoms. The van der Waals surface area contributed by atoms with E-state index in [1.165, 1.54) is 30.0 Å². The Morgan fingerprint density at radius 2 is 1.78 bits per heavy atom. The highest BCUT2D eigenvalue weighted by Crippen LogP contribution is 2.31. The number of amides is 3. The minimum atomic E-state index is -4.45. The van der Waals surface area contributed by atoms with Crippen LogP contribution >= 0.6 is 0 Å². The first-order valence-corrected chi connectivity index (χ1v) is 13.0. The normalized spacial score (nSPS) is 21.0. The highest BCUT2D eigenvalue weighted by Gasteiger charge is 2.36. The van der Waals surface area contributed by atoms with Crippen molar-refractivity contribution in [2.24, 2.45) is 5.16 Å². The maximum absolute atomic E-state index is 15.1. The van der Waals surface area contributed by atoms with Gasteiger partial charge in [-0.25, -0.2) is 9.18 Å². The molecule has 14 heteroatoms. The van der Waals surface area contributed by atoms with Gasteiger partial charge in [-0.05, 0) is 35.9 Å². The molecule has 3 heterocycles. The molecule has 0 aliphatic carbocycles. The Balaban J connectivity index is 1.13. The molecule has 0 saturated carbocycles. The van der Waals surface area contributed by atoms with E-state index in [-0.39, 0.29) is 31.3 Å². The van der Waals surface area contributed by atoms with E-state index in [1.54, 1.807) is 21.9 Å². The third-order valence-corrected chi connectivity index (χ3v) is 7.12. The SMILES string of the molecule is CC(=O)NC[C@H]1CN(c2ccc(N3CCN(C(=O)C4CC(c5ccc(C(F)(F)F)cc5)=NO4)CC3)c(F)c2)C(=O)O1. The number of carbonyl (C=O) groups excluding carboxylic acids is 3. The number of alkyl halides is 3. The zero-order chi connectivity index (χ0) is 29.3. The number of piperazine rings is 1. The van der Waals surface area contributed by atoms with Crippen LogP contribution in [0, 0.1) is 5.82 Å². The summed E-state index contributed by atoms with van der Waals surface area (Å²) in [7, 11) is 0. The fraction of sp³-hybridized carbons (Fsp3) is 0.407. The van der Waals surface area contributed by atoms with Crippen LogP contribution in [-0.4, -0.2) is 80.0 Å². The van der Waals surface area contributed by atoms with Crippen LogP contribution in [0.2, 0.25) is 0 Å². The van der Waals surface area contributed by atoms with Gasteiger partial charge in [-0.3, -0.25) is 14.5 Å². The van der Waals surface area contributed by atoms with Crippen molar-refractivity contribution in [2.75, 3.05) is 49.1 Å². The van der Waals surface area contributed by atoms with Crippen molar-refractivity contribution >= 4 is 35.0 Å². The lowest BCUT2D eigenvalue weighted by molar-refractivity contribution is -0.142. The lowest BCUT2D eigenvalue weighted by Gasteiger charge is -2.37. The van der Waals surface area contributed by atoms with Crippen LogP contribution in [0.1, 0.15) is 24.5 Å². The van der Waals surface area contributed by atoms with E-state index >= 15 is 4.39 Å². The number of anilines is 2. The number of nitrogens with zero attached hydrogens (tertiary/aromatic N) is 4. The quantitative estimate of drug-likeness (QED) is 0.530. The van der Waals surface area contributed by atoms with Crippen LogP contribution < -0.4 is 15.1 Å². The molecule has 2 aromatic carbocycles. The fourth-order valence-corrected chi connectivity index (χ4v) is 4.92. The Morgan fingerprint density at radius 1 is 1.07 bits per heavy atom. The minimum absolute atomic E-state index is 0.130. The number of hydrogen-bond donors (Lipinski definition) is 1. The number of oxime groups is 1. The lowest BCUT2D eigenvalue weighted by atomic mass is 10.0. The van der Waals surface area contributed by atoms with E-state index in [9.17, 15) is 27.6 Å². The van der Waals surface area contributed by atoms with Gasteiger partial charge in [0, 0.05) is 39.5 Å². The largest absolute Gasteiger partial charge is 0.442 e. The van der Waals surface area contributed by atoms with Crippen molar-refractivity contribution in [3.05, 3.63) is 59.4 Å². The van der Waals surface area contributed by atoms with Crippen molar-refractivity contribution < 1.29 is 41.5 Å². The number of cyclic esters (lactones) is 1. The van der Waals surface area contributed by atoms with E-state index in [1.807, 2.05) is 0 Å². The zero-order valence-electron chi connectivity index (χ0n) is 22.0. The third kappa shape index (κ3) is 6.20. The molecule has 1 unspecified atom stereocenters. The van der Waals surface area contributed by atoms with E-state index in [4.69, 9.17) is 9.57 Å². The van der Waals surface area contributed by atoms with Crippen molar-refractivity contribution in [1.29, 1.82) is 0 Å². The predicted octanol–water partition coefficient (Wildman–Crippen LogP) is 3.15. The average molecular weight is 578 g/mol. The second-order valence-corrected chi connectivity index (χ2v) is 9.91. The summed E-state index contributed by atoms with van der Waals surface area (Å²) in [5, 5.41) is 6.50. The summed E-state index contributed by atoms with van der Waals surface area (Å²) in [4.78, 5) is 46.4. The first-order chi connectivity index (χ1) is 19.5. The third-order valence-electron chi connectivity index (χ3n) is 7.12. The number of hydrogen-bond acceptors (Lipinski definition) is 7. The Bertz CT molecular complexity index is 1360. The maximum Gasteiger partial charge on any atom is 0.416 e. The second kappa shape index (κ2) is 11.3. The van der Waals surface area contributed by atoms with Crippen LogP contribution in [-0.2, 0) is 25.3 Å². The Labute approximate surface area is 232 Å². The van der Waals surface area contributed by atoms with Crippen LogP contribution in [0.5, 0.6) is 0 Å². The highest BCUT2D eigenvalue weighted by molar-refractivity contribution is 6.04. The smallest absolute Gasteiger partial charge is 0.416 e. The molecule has 0 bridgehead atoms. The number of halogens is 4. The lowest BCUT2D eigenvalue weighted by Crippen LogP contribution is -2.51. The summed E-state index contributed by atoms with van der Waals surface area (Å²) in [6.07, 6.45) is -6.37. The molecular formula is C27H27F4N5O5. The van der Waals surface area contributed by atoms with E-state index in [0.29, 0.717) is 48.8 Å². The molecule has 1 N–H and O–H groups in total. The van der Waals surface area contributed by atoms with Crippen LogP contribution in [0.4, 0.5) is 33.7 Å². The zero-order valence-corrected chi connectivity index (χ0v) is 22.0. The van der Waals surface area contributed by atoms with Gasteiger partial charge in [0.05, 0.1) is 35.7 Å². The summed E-state index contributed by atoms with van der Waals surface area (Å²) < 4.78 is 58.8. The molecule has 2 atom stereocenters. The number of ether oxygens (including phenoxy) is 1. The summed E-state index contributed by atoms with van der Waals surface area (Å²) >= 11 is 0. The minimum Gasteiger partial charge on any atom is -0.442 e. The van der Waals surface area contributed by atoms with Gasteiger partial charge in [0.15, 0.2) is 0 Å². The van der Waals surface area contributed by atoms with Gasteiger partial charge in [0.1, 0.15) is 11.9 Å². The highest BCUT2D eigenvalue weighted by atomic mass is 19.4. The first kappa shape index (κ1) is 28.2. The molecule has 0 aromatic heterocycles. The van der Waals surface area contributed by atoms with Crippen molar-refractivity contribution in [2.45, 2.75) is 31.7 Å². The molecule has 3 amide bonds. The molecule has 218 valence electrons. The van der Waals surface area contributed by atoms with Gasteiger partial charge < -0.3 is 24.7 Å². The molecule has 0 spiro atoms. The molecule has 3 aliphatic heterocycles. The molecule has 2 fully saturated rings. The Kier molecular flexibility index (Phi) is 7.74. The monoisotopic (exact) mass is 577 g/mol. The molecule has 3 aliphatic rings. The Morgan fingerprint density at radius 3 is 2.41 bits per heavy atom. The maximum atomic E-state index is 15.1. The van der Waals surface area contributed by atoms with Gasteiger partial charge in [0.25, 0.3) is 5.91 Å². The van der Waals surface area contributed by atoms with Crippen molar-refractivity contribution in [3.63, 3.8) is 0 Å². The van der Waals surface area contributed by atoms with Crippen LogP contribution in [0.3, 0.4) is 0 Å². The van der Waals surface area contributed by atoms with Crippen LogP contribution in [0.25, 0.3) is 0 Å². The van der Waals surface area contributed by atoms with Crippen molar-refractivity contribution in [3.8, 4) is 0 Å². The van der Waals surface area contributed by atoms with E-state index in [2.05, 4.69) is 10.5 Å². The standard InChI is InChI=1S/C27H27F4N5O5/c1-16(37)32-14-20-15-36(26(39)40-20)19-6-7-23(21(28)12-19)34-8-10-35(11-9-34)25(38)24-13-22(33-41-24)17-2-4-18(5-3-17)27(29,30)31/h2-7,12,20,24H,8-11,13-15H2,1H3,(H,32,37)/t20-,24?/m0/s1. The van der Waals surface area contributed by atoms with Gasteiger partial charge in [-0.15, -0.1) is 0 Å². The summed E-state index contributed by atoms with van der Waals surface area (Å²) in [5.74, 6) is -1.08. The Hall–Kier alpha value is -4.36. The average Bonchev–Trinajstić information content (AvgIpc) is 3.58. The number of nitrogens with one attached hydrogen (secondary N) is 1. The van der Waals surface area contributed by atoms with Crippen LogP contribution in [0.15, 0.2) is 47.6 Å². The summed E-state index contributed by atoms with van der Waals surface area (Å²) in [6, 6.07) is 8.95. The second-order valence-electron chi connectivity index (χ2n) is 9.91. The van der Waals surface area contributed by atoms with E-state index < -0.39 is 35.9 Å². The van der Waals surface area contributed by atoms with Gasteiger partial charge >= 0.3 is 12.3 Å². The predicted molar refractivity (Wildman–Crippen MR) is 139 cm³/mol.